The number of Topliss-reactive ketones (excluding diaryl/α,β-unsaturated/α-hetero) is 1. The average Bonchev–Trinajstić information content (AvgIpc) is 2.34. The van der Waals surface area contributed by atoms with Gasteiger partial charge in [0.25, 0.3) is 0 Å². The SMILES string of the molecule is CSCC[C@H]([NH3+])C(=O)C[C@@H](C)C(=O)NC(C)P(=O)([O-])O. The van der Waals surface area contributed by atoms with Gasteiger partial charge in [-0.05, 0) is 18.9 Å². The zero-order valence-electron chi connectivity index (χ0n) is 12.0. The summed E-state index contributed by atoms with van der Waals surface area (Å²) in [6.45, 7) is 2.71. The second-order valence-electron chi connectivity index (χ2n) is 4.80. The number of hydrogen-bond donors (Lipinski definition) is 3. The molecule has 0 radical (unpaired) electrons. The van der Waals surface area contributed by atoms with Crippen molar-refractivity contribution < 1.29 is 29.7 Å². The highest BCUT2D eigenvalue weighted by Crippen LogP contribution is 2.34. The van der Waals surface area contributed by atoms with Crippen molar-refractivity contribution in [2.24, 2.45) is 5.92 Å². The lowest BCUT2D eigenvalue weighted by atomic mass is 9.98. The van der Waals surface area contributed by atoms with Crippen molar-refractivity contribution in [3.8, 4) is 0 Å². The summed E-state index contributed by atoms with van der Waals surface area (Å²) in [4.78, 5) is 43.2. The Bertz CT molecular complexity index is 387. The molecule has 4 atom stereocenters. The van der Waals surface area contributed by atoms with Gasteiger partial charge in [0.2, 0.25) is 5.91 Å². The summed E-state index contributed by atoms with van der Waals surface area (Å²) >= 11 is 1.62. The van der Waals surface area contributed by atoms with Crippen LogP contribution in [0.2, 0.25) is 0 Å². The van der Waals surface area contributed by atoms with Crippen LogP contribution in [0, 0.1) is 5.92 Å². The molecular formula is C11H23N2O5PS. The maximum Gasteiger partial charge on any atom is 0.223 e. The van der Waals surface area contributed by atoms with Crippen molar-refractivity contribution in [3.63, 3.8) is 0 Å². The molecule has 5 N–H and O–H groups in total. The predicted octanol–water partition coefficient (Wildman–Crippen LogP) is -1.05. The van der Waals surface area contributed by atoms with Gasteiger partial charge in [0.05, 0.1) is 5.78 Å². The highest BCUT2D eigenvalue weighted by Gasteiger charge is 2.25. The lowest BCUT2D eigenvalue weighted by molar-refractivity contribution is -0.403. The molecule has 1 amide bonds. The second-order valence-corrected chi connectivity index (χ2v) is 7.69. The van der Waals surface area contributed by atoms with Gasteiger partial charge in [-0.25, -0.2) is 0 Å². The van der Waals surface area contributed by atoms with Gasteiger partial charge in [-0.15, -0.1) is 0 Å². The number of carbonyl (C=O) groups is 2. The predicted molar refractivity (Wildman–Crippen MR) is 75.9 cm³/mol. The lowest BCUT2D eigenvalue weighted by Gasteiger charge is -2.25. The third-order valence-corrected chi connectivity index (χ3v) is 4.67. The number of ketones is 1. The first kappa shape index (κ1) is 19.6. The van der Waals surface area contributed by atoms with Crippen LogP contribution < -0.4 is 15.9 Å². The first-order chi connectivity index (χ1) is 9.09. The monoisotopic (exact) mass is 326 g/mol. The van der Waals surface area contributed by atoms with E-state index < -0.39 is 25.2 Å². The number of amides is 1. The van der Waals surface area contributed by atoms with Crippen molar-refractivity contribution in [2.45, 2.75) is 38.5 Å². The Morgan fingerprint density at radius 2 is 2.00 bits per heavy atom. The molecule has 0 aromatic rings. The molecule has 0 aromatic carbocycles. The quantitative estimate of drug-likeness (QED) is 0.463. The van der Waals surface area contributed by atoms with Gasteiger partial charge in [-0.3, -0.25) is 9.59 Å². The molecule has 9 heteroatoms. The van der Waals surface area contributed by atoms with Crippen LogP contribution in [0.25, 0.3) is 0 Å². The number of carbonyl (C=O) groups excluding carboxylic acids is 2. The molecular weight excluding hydrogens is 303 g/mol. The molecule has 20 heavy (non-hydrogen) atoms. The standard InChI is InChI=1S/C11H23N2O5PS/c1-7(6-10(14)9(12)4-5-20-3)11(15)13-8(2)19(16,17)18/h7-9H,4-6,12H2,1-3H3,(H,13,15)(H2,16,17,18)/t7-,8?,9+/m1/s1. The number of hydrogen-bond acceptors (Lipinski definition) is 5. The summed E-state index contributed by atoms with van der Waals surface area (Å²) in [7, 11) is -4.60. The van der Waals surface area contributed by atoms with E-state index in [9.17, 15) is 19.0 Å². The zero-order valence-corrected chi connectivity index (χ0v) is 13.7. The van der Waals surface area contributed by atoms with E-state index in [2.05, 4.69) is 11.1 Å². The van der Waals surface area contributed by atoms with E-state index >= 15 is 0 Å². The van der Waals surface area contributed by atoms with E-state index in [-0.39, 0.29) is 18.2 Å². The van der Waals surface area contributed by atoms with Crippen LogP contribution in [0.15, 0.2) is 0 Å². The normalized spacial score (nSPS) is 18.7. The fourth-order valence-corrected chi connectivity index (χ4v) is 2.22. The third-order valence-electron chi connectivity index (χ3n) is 2.92. The van der Waals surface area contributed by atoms with Gasteiger partial charge in [-0.2, -0.15) is 11.8 Å². The fraction of sp³-hybridized carbons (Fsp3) is 0.818. The number of nitrogens with one attached hydrogen (secondary N) is 1. The lowest BCUT2D eigenvalue weighted by Crippen LogP contribution is -2.65. The summed E-state index contributed by atoms with van der Waals surface area (Å²) < 4.78 is 10.8. The molecule has 0 rings (SSSR count). The Morgan fingerprint density at radius 1 is 1.45 bits per heavy atom. The Labute approximate surface area is 123 Å². The maximum absolute atomic E-state index is 11.8. The maximum atomic E-state index is 11.8. The molecule has 0 aliphatic carbocycles. The van der Waals surface area contributed by atoms with E-state index in [1.807, 2.05) is 6.26 Å². The van der Waals surface area contributed by atoms with E-state index in [0.29, 0.717) is 6.42 Å². The Balaban J connectivity index is 4.32. The highest BCUT2D eigenvalue weighted by molar-refractivity contribution is 7.98. The Morgan fingerprint density at radius 3 is 2.45 bits per heavy atom. The van der Waals surface area contributed by atoms with Crippen molar-refractivity contribution in [1.82, 2.24) is 5.32 Å². The summed E-state index contributed by atoms with van der Waals surface area (Å²) in [5.41, 5.74) is 3.76. The number of rotatable bonds is 9. The molecule has 0 fully saturated rings. The van der Waals surface area contributed by atoms with E-state index in [1.165, 1.54) is 13.8 Å². The number of quaternary nitrogens is 1. The zero-order chi connectivity index (χ0) is 15.9. The fourth-order valence-electron chi connectivity index (χ4n) is 1.41. The topological polar surface area (TPSA) is 134 Å². The molecule has 0 aliphatic heterocycles. The molecule has 2 unspecified atom stereocenters. The summed E-state index contributed by atoms with van der Waals surface area (Å²) in [6.07, 6.45) is 2.59. The molecule has 0 bridgehead atoms. The minimum atomic E-state index is -4.60. The smallest absolute Gasteiger partial charge is 0.223 e. The van der Waals surface area contributed by atoms with Crippen molar-refractivity contribution in [3.05, 3.63) is 0 Å². The van der Waals surface area contributed by atoms with E-state index in [4.69, 9.17) is 4.89 Å². The van der Waals surface area contributed by atoms with Crippen molar-refractivity contribution >= 4 is 31.0 Å². The molecule has 0 saturated carbocycles. The Kier molecular flexibility index (Phi) is 8.62. The highest BCUT2D eigenvalue weighted by atomic mass is 32.2. The van der Waals surface area contributed by atoms with Crippen LogP contribution in [0.1, 0.15) is 26.7 Å². The molecule has 0 saturated heterocycles. The molecule has 7 nitrogen and oxygen atoms in total. The summed E-state index contributed by atoms with van der Waals surface area (Å²) in [5, 5.41) is 2.17. The second kappa shape index (κ2) is 8.79. The molecule has 118 valence electrons. The van der Waals surface area contributed by atoms with E-state index in [1.54, 1.807) is 11.8 Å². The number of thioether (sulfide) groups is 1. The van der Waals surface area contributed by atoms with Crippen molar-refractivity contribution in [1.29, 1.82) is 0 Å². The van der Waals surface area contributed by atoms with Crippen molar-refractivity contribution in [2.75, 3.05) is 12.0 Å². The van der Waals surface area contributed by atoms with Crippen LogP contribution in [0.4, 0.5) is 0 Å². The minimum Gasteiger partial charge on any atom is -0.777 e. The van der Waals surface area contributed by atoms with Gasteiger partial charge in [0.15, 0.2) is 13.4 Å². The molecule has 0 heterocycles. The average molecular weight is 326 g/mol. The van der Waals surface area contributed by atoms with Crippen LogP contribution in [0.3, 0.4) is 0 Å². The van der Waals surface area contributed by atoms with Gasteiger partial charge < -0.3 is 25.4 Å². The summed E-state index contributed by atoms with van der Waals surface area (Å²) in [6, 6.07) is -0.362. The first-order valence-corrected chi connectivity index (χ1v) is 9.32. The van der Waals surface area contributed by atoms with Crippen LogP contribution >= 0.6 is 19.4 Å². The van der Waals surface area contributed by atoms with Crippen LogP contribution in [0.5, 0.6) is 0 Å². The third kappa shape index (κ3) is 7.40. The van der Waals surface area contributed by atoms with Crippen LogP contribution in [-0.2, 0) is 14.2 Å². The molecule has 0 aromatic heterocycles. The molecule has 0 spiro atoms. The largest absolute Gasteiger partial charge is 0.777 e. The van der Waals surface area contributed by atoms with Gasteiger partial charge in [-0.1, -0.05) is 6.92 Å². The summed E-state index contributed by atoms with van der Waals surface area (Å²) in [5.74, 6) is -1.90. The van der Waals surface area contributed by atoms with Gasteiger partial charge in [0.1, 0.15) is 6.04 Å². The van der Waals surface area contributed by atoms with Gasteiger partial charge >= 0.3 is 0 Å². The Hall–Kier alpha value is -0.400. The van der Waals surface area contributed by atoms with Gasteiger partial charge in [0, 0.05) is 18.8 Å². The first-order valence-electron chi connectivity index (χ1n) is 6.28. The molecule has 0 aliphatic rings. The minimum absolute atomic E-state index is 0.00961. The van der Waals surface area contributed by atoms with E-state index in [0.717, 1.165) is 5.75 Å². The van der Waals surface area contributed by atoms with Crippen LogP contribution in [-0.4, -0.2) is 40.4 Å².